The zero-order valence-corrected chi connectivity index (χ0v) is 17.7. The monoisotopic (exact) mass is 430 g/mol. The average molecular weight is 430 g/mol. The van der Waals surface area contributed by atoms with E-state index in [9.17, 15) is 10.1 Å². The highest BCUT2D eigenvalue weighted by Gasteiger charge is 2.40. The normalized spacial score (nSPS) is 17.1. The first-order valence-corrected chi connectivity index (χ1v) is 10.3. The number of fused-ring (bicyclic) bond motifs is 1. The maximum atomic E-state index is 12.5. The summed E-state index contributed by atoms with van der Waals surface area (Å²) in [6, 6.07) is 16.0. The summed E-state index contributed by atoms with van der Waals surface area (Å²) in [6.07, 6.45) is 1.62. The van der Waals surface area contributed by atoms with Gasteiger partial charge in [-0.15, -0.1) is 5.10 Å². The number of aryl methyl sites for hydroxylation is 1. The van der Waals surface area contributed by atoms with Gasteiger partial charge in [0.15, 0.2) is 11.5 Å². The molecule has 0 saturated carbocycles. The van der Waals surface area contributed by atoms with E-state index in [0.29, 0.717) is 17.2 Å². The number of benzene rings is 2. The second kappa shape index (κ2) is 8.94. The van der Waals surface area contributed by atoms with Crippen LogP contribution in [0.25, 0.3) is 0 Å². The highest BCUT2D eigenvalue weighted by molar-refractivity contribution is 5.91. The van der Waals surface area contributed by atoms with E-state index in [1.54, 1.807) is 42.5 Å². The Hall–Kier alpha value is -4.12. The van der Waals surface area contributed by atoms with Crippen LogP contribution in [0.15, 0.2) is 48.5 Å². The zero-order valence-electron chi connectivity index (χ0n) is 17.7. The standard InChI is InChI=1S/C24H22N4O4/c1-3-7-17-21-20(16(13-25)22(26)32-23(21)28-27-17)15-10-11-18(19(12-15)30-2)31-24(29)14-8-5-4-6-9-14/h4-6,8-12,16,20,26H,3,7H2,1-2H3,(H,27,28). The summed E-state index contributed by atoms with van der Waals surface area (Å²) in [6.45, 7) is 2.05. The van der Waals surface area contributed by atoms with Crippen molar-refractivity contribution in [1.82, 2.24) is 10.2 Å². The molecule has 0 saturated heterocycles. The minimum atomic E-state index is -0.821. The van der Waals surface area contributed by atoms with Gasteiger partial charge in [0.2, 0.25) is 11.8 Å². The SMILES string of the molecule is CCCc1[nH]nc2c1C(c1ccc(OC(=O)c3ccccc3)c(OC)c1)C(C#N)C(=N)O2. The topological polar surface area (TPSA) is 121 Å². The number of carbonyl (C=O) groups is 1. The number of aromatic nitrogens is 2. The van der Waals surface area contributed by atoms with Crippen LogP contribution in [-0.2, 0) is 6.42 Å². The van der Waals surface area contributed by atoms with E-state index in [2.05, 4.69) is 23.2 Å². The number of hydrogen-bond acceptors (Lipinski definition) is 7. The van der Waals surface area contributed by atoms with Crippen molar-refractivity contribution in [3.8, 4) is 23.4 Å². The molecule has 2 atom stereocenters. The predicted molar refractivity (Wildman–Crippen MR) is 116 cm³/mol. The number of nitrogens with one attached hydrogen (secondary N) is 2. The molecule has 2 aromatic carbocycles. The van der Waals surface area contributed by atoms with Gasteiger partial charge in [0, 0.05) is 17.2 Å². The van der Waals surface area contributed by atoms with Crippen LogP contribution in [0.3, 0.4) is 0 Å². The molecule has 0 spiro atoms. The number of nitriles is 1. The third-order valence-corrected chi connectivity index (χ3v) is 5.38. The van der Waals surface area contributed by atoms with Crippen LogP contribution >= 0.6 is 0 Å². The third kappa shape index (κ3) is 3.81. The van der Waals surface area contributed by atoms with Crippen molar-refractivity contribution in [2.24, 2.45) is 5.92 Å². The molecule has 3 aromatic rings. The third-order valence-electron chi connectivity index (χ3n) is 5.38. The minimum Gasteiger partial charge on any atom is -0.493 e. The van der Waals surface area contributed by atoms with Crippen molar-refractivity contribution in [1.29, 1.82) is 10.7 Å². The largest absolute Gasteiger partial charge is 0.493 e. The molecule has 2 heterocycles. The second-order valence-electron chi connectivity index (χ2n) is 7.39. The molecule has 162 valence electrons. The van der Waals surface area contributed by atoms with E-state index >= 15 is 0 Å². The van der Waals surface area contributed by atoms with Gasteiger partial charge in [-0.3, -0.25) is 10.5 Å². The number of methoxy groups -OCH3 is 1. The molecule has 1 aromatic heterocycles. The lowest BCUT2D eigenvalue weighted by molar-refractivity contribution is 0.0729. The Morgan fingerprint density at radius 2 is 2.03 bits per heavy atom. The molecule has 32 heavy (non-hydrogen) atoms. The lowest BCUT2D eigenvalue weighted by Gasteiger charge is -2.28. The van der Waals surface area contributed by atoms with E-state index in [0.717, 1.165) is 29.7 Å². The van der Waals surface area contributed by atoms with Crippen molar-refractivity contribution in [2.45, 2.75) is 25.7 Å². The maximum Gasteiger partial charge on any atom is 0.343 e. The summed E-state index contributed by atoms with van der Waals surface area (Å²) in [4.78, 5) is 12.5. The number of hydrogen-bond donors (Lipinski definition) is 2. The predicted octanol–water partition coefficient (Wildman–Crippen LogP) is 4.23. The van der Waals surface area contributed by atoms with Crippen LogP contribution < -0.4 is 14.2 Å². The summed E-state index contributed by atoms with van der Waals surface area (Å²) in [5.41, 5.74) is 2.80. The summed E-state index contributed by atoms with van der Waals surface area (Å²) < 4.78 is 16.5. The highest BCUT2D eigenvalue weighted by atomic mass is 16.6. The fourth-order valence-corrected chi connectivity index (χ4v) is 3.88. The molecule has 2 unspecified atom stereocenters. The van der Waals surface area contributed by atoms with Crippen molar-refractivity contribution >= 4 is 11.9 Å². The van der Waals surface area contributed by atoms with Crippen LogP contribution in [0.4, 0.5) is 0 Å². The molecule has 1 aliphatic heterocycles. The molecule has 0 fully saturated rings. The van der Waals surface area contributed by atoms with Gasteiger partial charge in [-0.05, 0) is 36.2 Å². The van der Waals surface area contributed by atoms with Gasteiger partial charge in [0.1, 0.15) is 5.92 Å². The second-order valence-corrected chi connectivity index (χ2v) is 7.39. The Morgan fingerprint density at radius 3 is 2.72 bits per heavy atom. The van der Waals surface area contributed by atoms with Crippen LogP contribution in [0, 0.1) is 22.7 Å². The van der Waals surface area contributed by atoms with E-state index in [-0.39, 0.29) is 11.6 Å². The first-order chi connectivity index (χ1) is 15.6. The molecular formula is C24H22N4O4. The molecule has 0 amide bonds. The first-order valence-electron chi connectivity index (χ1n) is 10.3. The molecule has 2 N–H and O–H groups in total. The van der Waals surface area contributed by atoms with Crippen LogP contribution in [0.1, 0.15) is 46.4 Å². The van der Waals surface area contributed by atoms with E-state index in [4.69, 9.17) is 19.6 Å². The zero-order chi connectivity index (χ0) is 22.7. The van der Waals surface area contributed by atoms with Gasteiger partial charge in [-0.25, -0.2) is 4.79 Å². The summed E-state index contributed by atoms with van der Waals surface area (Å²) >= 11 is 0. The van der Waals surface area contributed by atoms with Gasteiger partial charge in [0.05, 0.1) is 18.7 Å². The maximum absolute atomic E-state index is 12.5. The molecule has 4 rings (SSSR count). The molecule has 1 aliphatic rings. The van der Waals surface area contributed by atoms with Gasteiger partial charge in [-0.1, -0.05) is 37.6 Å². The van der Waals surface area contributed by atoms with Gasteiger partial charge < -0.3 is 14.2 Å². The molecule has 0 radical (unpaired) electrons. The average Bonchev–Trinajstić information content (AvgIpc) is 3.21. The fourth-order valence-electron chi connectivity index (χ4n) is 3.88. The van der Waals surface area contributed by atoms with Crippen molar-refractivity contribution < 1.29 is 19.0 Å². The van der Waals surface area contributed by atoms with Crippen LogP contribution in [0.5, 0.6) is 17.4 Å². The Labute approximate surface area is 185 Å². The van der Waals surface area contributed by atoms with Gasteiger partial charge in [-0.2, -0.15) is 5.26 Å². The number of nitrogens with zero attached hydrogens (tertiary/aromatic N) is 2. The summed E-state index contributed by atoms with van der Waals surface area (Å²) in [5, 5.41) is 25.2. The Morgan fingerprint density at radius 1 is 1.25 bits per heavy atom. The quantitative estimate of drug-likeness (QED) is 0.446. The number of H-pyrrole nitrogens is 1. The van der Waals surface area contributed by atoms with Gasteiger partial charge >= 0.3 is 5.97 Å². The molecule has 0 bridgehead atoms. The Balaban J connectivity index is 1.73. The fraction of sp³-hybridized carbons (Fsp3) is 0.250. The minimum absolute atomic E-state index is 0.155. The summed E-state index contributed by atoms with van der Waals surface area (Å²) in [7, 11) is 1.48. The van der Waals surface area contributed by atoms with E-state index in [1.807, 2.05) is 6.07 Å². The van der Waals surface area contributed by atoms with E-state index < -0.39 is 17.8 Å². The number of ether oxygens (including phenoxy) is 3. The Kier molecular flexibility index (Phi) is 5.90. The molecular weight excluding hydrogens is 408 g/mol. The molecule has 8 heteroatoms. The smallest absolute Gasteiger partial charge is 0.343 e. The van der Waals surface area contributed by atoms with Crippen molar-refractivity contribution in [3.63, 3.8) is 0 Å². The van der Waals surface area contributed by atoms with Crippen molar-refractivity contribution in [3.05, 3.63) is 70.9 Å². The first kappa shape index (κ1) is 21.1. The number of aromatic amines is 1. The van der Waals surface area contributed by atoms with E-state index in [1.165, 1.54) is 7.11 Å². The number of esters is 1. The van der Waals surface area contributed by atoms with Crippen molar-refractivity contribution in [2.75, 3.05) is 7.11 Å². The Bertz CT molecular complexity index is 1200. The van der Waals surface area contributed by atoms with Gasteiger partial charge in [0.25, 0.3) is 0 Å². The lowest BCUT2D eigenvalue weighted by Crippen LogP contribution is -2.31. The summed E-state index contributed by atoms with van der Waals surface area (Å²) in [5.74, 6) is -1.01. The number of carbonyl (C=O) groups excluding carboxylic acids is 1. The van der Waals surface area contributed by atoms with Crippen LogP contribution in [-0.4, -0.2) is 29.2 Å². The highest BCUT2D eigenvalue weighted by Crippen LogP contribution is 2.45. The lowest BCUT2D eigenvalue weighted by atomic mass is 9.79. The van der Waals surface area contributed by atoms with Crippen LogP contribution in [0.2, 0.25) is 0 Å². The molecule has 8 nitrogen and oxygen atoms in total. The number of rotatable bonds is 6. The molecule has 0 aliphatic carbocycles.